The fraction of sp³-hybridized carbons (Fsp3) is 0.846. The number of carbonyl (C=O) groups excluding carboxylic acids is 2. The van der Waals surface area contributed by atoms with Gasteiger partial charge in [-0.25, -0.2) is 0 Å². The summed E-state index contributed by atoms with van der Waals surface area (Å²) < 4.78 is 0. The van der Waals surface area contributed by atoms with Crippen LogP contribution in [0.25, 0.3) is 0 Å². The van der Waals surface area contributed by atoms with E-state index in [1.165, 1.54) is 6.92 Å². The van der Waals surface area contributed by atoms with E-state index in [1.54, 1.807) is 0 Å². The number of carbonyl (C=O) groups is 2. The second-order valence-electron chi connectivity index (χ2n) is 5.30. The van der Waals surface area contributed by atoms with E-state index in [2.05, 4.69) is 10.6 Å². The van der Waals surface area contributed by atoms with Crippen molar-refractivity contribution < 1.29 is 14.7 Å². The molecule has 106 valence electrons. The van der Waals surface area contributed by atoms with E-state index in [0.717, 1.165) is 6.42 Å². The number of rotatable bonds is 7. The summed E-state index contributed by atoms with van der Waals surface area (Å²) in [5.74, 6) is -0.397. The molecule has 0 radical (unpaired) electrons. The fourth-order valence-corrected chi connectivity index (χ4v) is 1.70. The van der Waals surface area contributed by atoms with E-state index < -0.39 is 11.6 Å². The van der Waals surface area contributed by atoms with Crippen molar-refractivity contribution in [2.24, 2.45) is 5.92 Å². The Bertz CT molecular complexity index is 292. The quantitative estimate of drug-likeness (QED) is 0.632. The van der Waals surface area contributed by atoms with Crippen LogP contribution in [0.15, 0.2) is 0 Å². The zero-order chi connectivity index (χ0) is 14.3. The molecule has 0 aliphatic carbocycles. The van der Waals surface area contributed by atoms with Crippen LogP contribution in [0.1, 0.15) is 47.5 Å². The molecule has 18 heavy (non-hydrogen) atoms. The molecule has 0 fully saturated rings. The predicted molar refractivity (Wildman–Crippen MR) is 71.0 cm³/mol. The molecule has 0 rings (SSSR count). The van der Waals surface area contributed by atoms with Crippen molar-refractivity contribution in [2.45, 2.75) is 59.0 Å². The Morgan fingerprint density at radius 1 is 1.33 bits per heavy atom. The Labute approximate surface area is 109 Å². The lowest BCUT2D eigenvalue weighted by Gasteiger charge is -2.32. The average molecular weight is 258 g/mol. The van der Waals surface area contributed by atoms with Gasteiger partial charge < -0.3 is 15.7 Å². The minimum absolute atomic E-state index is 0.0177. The molecular formula is C13H26N2O3. The Hall–Kier alpha value is -1.10. The molecule has 0 aliphatic heterocycles. The summed E-state index contributed by atoms with van der Waals surface area (Å²) in [6.07, 6.45) is 1.23. The number of hydrogen-bond donors (Lipinski definition) is 3. The van der Waals surface area contributed by atoms with Crippen LogP contribution in [0.5, 0.6) is 0 Å². The molecule has 0 spiro atoms. The Morgan fingerprint density at radius 3 is 2.22 bits per heavy atom. The van der Waals surface area contributed by atoms with Gasteiger partial charge in [0.15, 0.2) is 0 Å². The van der Waals surface area contributed by atoms with Crippen LogP contribution in [0.3, 0.4) is 0 Å². The third-order valence-corrected chi connectivity index (χ3v) is 3.18. The van der Waals surface area contributed by atoms with Crippen LogP contribution < -0.4 is 10.6 Å². The first-order chi connectivity index (χ1) is 8.25. The van der Waals surface area contributed by atoms with Crippen molar-refractivity contribution in [1.29, 1.82) is 0 Å². The van der Waals surface area contributed by atoms with Gasteiger partial charge in [0.05, 0.1) is 0 Å². The van der Waals surface area contributed by atoms with Crippen LogP contribution in [0.2, 0.25) is 0 Å². The SMILES string of the molecule is CCC(C)(CCO)NC(=O)C(NC(C)=O)C(C)C. The summed E-state index contributed by atoms with van der Waals surface area (Å²) in [7, 11) is 0. The van der Waals surface area contributed by atoms with Gasteiger partial charge in [-0.15, -0.1) is 0 Å². The Kier molecular flexibility index (Phi) is 6.91. The van der Waals surface area contributed by atoms with Crippen molar-refractivity contribution in [3.8, 4) is 0 Å². The molecule has 0 saturated heterocycles. The van der Waals surface area contributed by atoms with Gasteiger partial charge in [0.1, 0.15) is 6.04 Å². The van der Waals surface area contributed by atoms with Crippen molar-refractivity contribution in [1.82, 2.24) is 10.6 Å². The lowest BCUT2D eigenvalue weighted by molar-refractivity contribution is -0.130. The van der Waals surface area contributed by atoms with Crippen molar-refractivity contribution in [2.75, 3.05) is 6.61 Å². The van der Waals surface area contributed by atoms with Crippen molar-refractivity contribution >= 4 is 11.8 Å². The maximum Gasteiger partial charge on any atom is 0.243 e. The molecule has 0 aliphatic rings. The summed E-state index contributed by atoms with van der Waals surface area (Å²) in [6.45, 7) is 9.04. The first kappa shape index (κ1) is 16.9. The van der Waals surface area contributed by atoms with Gasteiger partial charge in [-0.05, 0) is 25.7 Å². The lowest BCUT2D eigenvalue weighted by atomic mass is 9.93. The Morgan fingerprint density at radius 2 is 1.89 bits per heavy atom. The number of aliphatic hydroxyl groups excluding tert-OH is 1. The molecule has 0 saturated carbocycles. The number of amides is 2. The van der Waals surface area contributed by atoms with Crippen molar-refractivity contribution in [3.05, 3.63) is 0 Å². The third-order valence-electron chi connectivity index (χ3n) is 3.18. The lowest BCUT2D eigenvalue weighted by Crippen LogP contribution is -2.55. The highest BCUT2D eigenvalue weighted by Gasteiger charge is 2.29. The maximum atomic E-state index is 12.2. The molecule has 2 unspecified atom stereocenters. The van der Waals surface area contributed by atoms with Crippen molar-refractivity contribution in [3.63, 3.8) is 0 Å². The van der Waals surface area contributed by atoms with Crippen LogP contribution >= 0.6 is 0 Å². The summed E-state index contributed by atoms with van der Waals surface area (Å²) >= 11 is 0. The molecule has 5 nitrogen and oxygen atoms in total. The molecule has 0 aromatic rings. The summed E-state index contributed by atoms with van der Waals surface area (Å²) in [5, 5.41) is 14.6. The smallest absolute Gasteiger partial charge is 0.243 e. The zero-order valence-corrected chi connectivity index (χ0v) is 12.0. The van der Waals surface area contributed by atoms with E-state index in [0.29, 0.717) is 6.42 Å². The largest absolute Gasteiger partial charge is 0.396 e. The first-order valence-corrected chi connectivity index (χ1v) is 6.45. The predicted octanol–water partition coefficient (Wildman–Crippen LogP) is 0.814. The highest BCUT2D eigenvalue weighted by molar-refractivity contribution is 5.87. The highest BCUT2D eigenvalue weighted by atomic mass is 16.3. The normalized spacial score (nSPS) is 15.9. The molecule has 3 N–H and O–H groups in total. The second kappa shape index (κ2) is 7.36. The highest BCUT2D eigenvalue weighted by Crippen LogP contribution is 2.15. The molecule has 0 bridgehead atoms. The van der Waals surface area contributed by atoms with Crippen LogP contribution in [-0.2, 0) is 9.59 Å². The van der Waals surface area contributed by atoms with E-state index in [4.69, 9.17) is 5.11 Å². The van der Waals surface area contributed by atoms with E-state index in [9.17, 15) is 9.59 Å². The number of hydrogen-bond acceptors (Lipinski definition) is 3. The van der Waals surface area contributed by atoms with Crippen LogP contribution in [-0.4, -0.2) is 35.1 Å². The molecule has 0 aromatic carbocycles. The van der Waals surface area contributed by atoms with Gasteiger partial charge in [0.2, 0.25) is 11.8 Å². The number of aliphatic hydroxyl groups is 1. The van der Waals surface area contributed by atoms with Gasteiger partial charge in [-0.2, -0.15) is 0 Å². The number of nitrogens with one attached hydrogen (secondary N) is 2. The average Bonchev–Trinajstić information content (AvgIpc) is 2.25. The van der Waals surface area contributed by atoms with Gasteiger partial charge in [0, 0.05) is 19.1 Å². The minimum Gasteiger partial charge on any atom is -0.396 e. The molecule has 5 heteroatoms. The standard InChI is InChI=1S/C13H26N2O3/c1-6-13(5,7-8-16)15-12(18)11(9(2)3)14-10(4)17/h9,11,16H,6-8H2,1-5H3,(H,14,17)(H,15,18). The topological polar surface area (TPSA) is 78.4 Å². The van der Waals surface area contributed by atoms with Gasteiger partial charge in [-0.1, -0.05) is 20.8 Å². The van der Waals surface area contributed by atoms with E-state index in [-0.39, 0.29) is 24.3 Å². The third kappa shape index (κ3) is 5.49. The first-order valence-electron chi connectivity index (χ1n) is 6.45. The molecular weight excluding hydrogens is 232 g/mol. The van der Waals surface area contributed by atoms with Crippen LogP contribution in [0, 0.1) is 5.92 Å². The molecule has 2 atom stereocenters. The zero-order valence-electron chi connectivity index (χ0n) is 12.0. The minimum atomic E-state index is -0.535. The summed E-state index contributed by atoms with van der Waals surface area (Å²) in [5.41, 5.74) is -0.433. The second-order valence-corrected chi connectivity index (χ2v) is 5.30. The maximum absolute atomic E-state index is 12.2. The molecule has 0 heterocycles. The van der Waals surface area contributed by atoms with E-state index >= 15 is 0 Å². The monoisotopic (exact) mass is 258 g/mol. The van der Waals surface area contributed by atoms with Gasteiger partial charge in [-0.3, -0.25) is 9.59 Å². The Balaban J connectivity index is 4.72. The fourth-order valence-electron chi connectivity index (χ4n) is 1.70. The van der Waals surface area contributed by atoms with Gasteiger partial charge in [0.25, 0.3) is 0 Å². The van der Waals surface area contributed by atoms with Gasteiger partial charge >= 0.3 is 0 Å². The summed E-state index contributed by atoms with van der Waals surface area (Å²) in [4.78, 5) is 23.3. The molecule has 0 aromatic heterocycles. The summed E-state index contributed by atoms with van der Waals surface area (Å²) in [6, 6.07) is -0.535. The van der Waals surface area contributed by atoms with E-state index in [1.807, 2.05) is 27.7 Å². The molecule has 2 amide bonds. The van der Waals surface area contributed by atoms with Crippen LogP contribution in [0.4, 0.5) is 0 Å².